The maximum atomic E-state index is 13.3. The molecule has 7 heteroatoms. The Morgan fingerprint density at radius 1 is 1.26 bits per heavy atom. The summed E-state index contributed by atoms with van der Waals surface area (Å²) < 4.78 is 31.0. The van der Waals surface area contributed by atoms with Crippen molar-refractivity contribution in [2.75, 3.05) is 0 Å². The topological polar surface area (TPSA) is 73.3 Å². The maximum Gasteiger partial charge on any atom is 0.433 e. The number of hydrogen-bond donors (Lipinski definition) is 0. The Morgan fingerprint density at radius 3 is 2.63 bits per heavy atom. The minimum absolute atomic E-state index is 0.135. The van der Waals surface area contributed by atoms with Crippen LogP contribution in [0.3, 0.4) is 0 Å². The molecule has 0 saturated heterocycles. The Balaban J connectivity index is 2.21. The van der Waals surface area contributed by atoms with Crippen molar-refractivity contribution in [2.45, 2.75) is 6.42 Å². The summed E-state index contributed by atoms with van der Waals surface area (Å²) in [5, 5.41) is 10.4. The summed E-state index contributed by atoms with van der Waals surface area (Å²) in [7, 11) is 0. The highest BCUT2D eigenvalue weighted by Crippen LogP contribution is 2.19. The summed E-state index contributed by atoms with van der Waals surface area (Å²) in [5.74, 6) is -3.69. The van der Waals surface area contributed by atoms with E-state index in [4.69, 9.17) is 0 Å². The molecule has 5 nitrogen and oxygen atoms in total. The summed E-state index contributed by atoms with van der Waals surface area (Å²) in [6.07, 6.45) is -0.436. The van der Waals surface area contributed by atoms with Crippen LogP contribution in [0.1, 0.15) is 16.1 Å². The van der Waals surface area contributed by atoms with Crippen LogP contribution in [0.5, 0.6) is 0 Å². The Bertz CT molecular complexity index is 651. The highest BCUT2D eigenvalue weighted by Gasteiger charge is 2.19. The molecule has 0 saturated carbocycles. The zero-order valence-corrected chi connectivity index (χ0v) is 9.43. The van der Waals surface area contributed by atoms with Gasteiger partial charge in [-0.25, -0.2) is 8.78 Å². The van der Waals surface area contributed by atoms with Crippen LogP contribution in [-0.4, -0.2) is 10.7 Å². The van der Waals surface area contributed by atoms with Gasteiger partial charge >= 0.3 is 5.88 Å². The molecule has 2 aromatic rings. The van der Waals surface area contributed by atoms with E-state index in [1.165, 1.54) is 12.1 Å². The van der Waals surface area contributed by atoms with Crippen molar-refractivity contribution < 1.29 is 22.9 Å². The van der Waals surface area contributed by atoms with Gasteiger partial charge in [0.2, 0.25) is 5.78 Å². The van der Waals surface area contributed by atoms with Crippen LogP contribution in [0.4, 0.5) is 14.7 Å². The predicted molar refractivity (Wildman–Crippen MR) is 59.8 cm³/mol. The second kappa shape index (κ2) is 4.97. The molecule has 0 N–H and O–H groups in total. The molecule has 0 unspecified atom stereocenters. The van der Waals surface area contributed by atoms with E-state index in [0.717, 1.165) is 18.2 Å². The first kappa shape index (κ1) is 12.9. The number of ketones is 1. The molecular formula is C12H7F2NO4. The van der Waals surface area contributed by atoms with Gasteiger partial charge in [0, 0.05) is 6.42 Å². The number of nitrogens with zero attached hydrogens (tertiary/aromatic N) is 1. The quantitative estimate of drug-likeness (QED) is 0.485. The highest BCUT2D eigenvalue weighted by molar-refractivity contribution is 5.95. The SMILES string of the molecule is O=C(Cc1cccc(F)c1F)c1ccc([N+](=O)[O-])o1. The third-order valence-electron chi connectivity index (χ3n) is 2.43. The number of carbonyl (C=O) groups excluding carboxylic acids is 1. The largest absolute Gasteiger partial charge is 0.433 e. The van der Waals surface area contributed by atoms with Crippen molar-refractivity contribution in [3.8, 4) is 0 Å². The van der Waals surface area contributed by atoms with Crippen molar-refractivity contribution in [3.63, 3.8) is 0 Å². The van der Waals surface area contributed by atoms with Crippen LogP contribution in [-0.2, 0) is 6.42 Å². The molecule has 2 rings (SSSR count). The van der Waals surface area contributed by atoms with E-state index in [9.17, 15) is 23.7 Å². The van der Waals surface area contributed by atoms with Crippen molar-refractivity contribution >= 4 is 11.7 Å². The van der Waals surface area contributed by atoms with Gasteiger partial charge < -0.3 is 4.42 Å². The smallest absolute Gasteiger partial charge is 0.397 e. The van der Waals surface area contributed by atoms with Crippen LogP contribution in [0.2, 0.25) is 0 Å². The maximum absolute atomic E-state index is 13.3. The summed E-state index contributed by atoms with van der Waals surface area (Å²) >= 11 is 0. The number of nitro groups is 1. The number of carbonyl (C=O) groups is 1. The number of halogens is 2. The first-order valence-corrected chi connectivity index (χ1v) is 5.19. The summed E-state index contributed by atoms with van der Waals surface area (Å²) in [6.45, 7) is 0. The summed E-state index contributed by atoms with van der Waals surface area (Å²) in [4.78, 5) is 21.3. The number of rotatable bonds is 4. The normalized spacial score (nSPS) is 10.4. The Kier molecular flexibility index (Phi) is 3.37. The van der Waals surface area contributed by atoms with Crippen LogP contribution in [0, 0.1) is 21.7 Å². The Hall–Kier alpha value is -2.57. The fourth-order valence-corrected chi connectivity index (χ4v) is 1.52. The zero-order chi connectivity index (χ0) is 14.0. The van der Waals surface area contributed by atoms with Gasteiger partial charge in [-0.15, -0.1) is 0 Å². The molecule has 98 valence electrons. The second-order valence-corrected chi connectivity index (χ2v) is 3.71. The van der Waals surface area contributed by atoms with Crippen LogP contribution >= 0.6 is 0 Å². The van der Waals surface area contributed by atoms with Gasteiger partial charge in [0.25, 0.3) is 0 Å². The van der Waals surface area contributed by atoms with Gasteiger partial charge in [0.1, 0.15) is 4.92 Å². The lowest BCUT2D eigenvalue weighted by Gasteiger charge is -2.01. The van der Waals surface area contributed by atoms with Gasteiger partial charge in [-0.3, -0.25) is 14.9 Å². The zero-order valence-electron chi connectivity index (χ0n) is 9.43. The predicted octanol–water partition coefficient (Wildman–Crippen LogP) is 2.89. The van der Waals surface area contributed by atoms with E-state index in [2.05, 4.69) is 4.42 Å². The molecule has 0 fully saturated rings. The van der Waals surface area contributed by atoms with Gasteiger partial charge in [0.05, 0.1) is 6.07 Å². The van der Waals surface area contributed by atoms with Gasteiger partial charge in [-0.2, -0.15) is 0 Å². The van der Waals surface area contributed by atoms with E-state index in [1.807, 2.05) is 0 Å². The lowest BCUT2D eigenvalue weighted by atomic mass is 10.1. The molecule has 0 bridgehead atoms. The third-order valence-corrected chi connectivity index (χ3v) is 2.43. The van der Waals surface area contributed by atoms with Gasteiger partial charge in [-0.05, 0) is 17.7 Å². The monoisotopic (exact) mass is 267 g/mol. The van der Waals surface area contributed by atoms with Crippen molar-refractivity contribution in [1.29, 1.82) is 0 Å². The molecule has 0 aliphatic carbocycles. The second-order valence-electron chi connectivity index (χ2n) is 3.71. The number of benzene rings is 1. The Morgan fingerprint density at radius 2 is 2.00 bits per heavy atom. The van der Waals surface area contributed by atoms with Crippen molar-refractivity contribution in [1.82, 2.24) is 0 Å². The lowest BCUT2D eigenvalue weighted by Crippen LogP contribution is -2.05. The molecular weight excluding hydrogens is 260 g/mol. The average molecular weight is 267 g/mol. The van der Waals surface area contributed by atoms with Gasteiger partial charge in [0.15, 0.2) is 17.4 Å². The number of hydrogen-bond acceptors (Lipinski definition) is 4. The van der Waals surface area contributed by atoms with E-state index in [1.54, 1.807) is 0 Å². The van der Waals surface area contributed by atoms with E-state index < -0.39 is 34.6 Å². The van der Waals surface area contributed by atoms with Crippen LogP contribution in [0.15, 0.2) is 34.7 Å². The molecule has 1 aromatic heterocycles. The summed E-state index contributed by atoms with van der Waals surface area (Å²) in [6, 6.07) is 5.60. The lowest BCUT2D eigenvalue weighted by molar-refractivity contribution is -0.402. The summed E-state index contributed by atoms with van der Waals surface area (Å²) in [5.41, 5.74) is -0.135. The van der Waals surface area contributed by atoms with E-state index in [0.29, 0.717) is 0 Å². The molecule has 1 aromatic carbocycles. The highest BCUT2D eigenvalue weighted by atomic mass is 19.2. The molecule has 0 atom stereocenters. The molecule has 0 amide bonds. The fraction of sp³-hybridized carbons (Fsp3) is 0.0833. The minimum Gasteiger partial charge on any atom is -0.397 e. The first-order chi connectivity index (χ1) is 8.99. The first-order valence-electron chi connectivity index (χ1n) is 5.19. The van der Waals surface area contributed by atoms with E-state index >= 15 is 0 Å². The number of furan rings is 1. The number of Topliss-reactive ketones (excluding diaryl/α,β-unsaturated/α-hetero) is 1. The molecule has 0 aliphatic heterocycles. The standard InChI is InChI=1S/C12H7F2NO4/c13-8-3-1-2-7(12(8)14)6-9(16)10-4-5-11(19-10)15(17)18/h1-5H,6H2. The molecule has 1 heterocycles. The van der Waals surface area contributed by atoms with Crippen LogP contribution < -0.4 is 0 Å². The Labute approximate surface area is 105 Å². The van der Waals surface area contributed by atoms with Gasteiger partial charge in [-0.1, -0.05) is 12.1 Å². The van der Waals surface area contributed by atoms with Crippen molar-refractivity contribution in [3.05, 3.63) is 63.4 Å². The van der Waals surface area contributed by atoms with Crippen molar-refractivity contribution in [2.24, 2.45) is 0 Å². The molecule has 0 aliphatic rings. The minimum atomic E-state index is -1.11. The average Bonchev–Trinajstić information content (AvgIpc) is 2.84. The van der Waals surface area contributed by atoms with Crippen LogP contribution in [0.25, 0.3) is 0 Å². The molecule has 19 heavy (non-hydrogen) atoms. The fourth-order valence-electron chi connectivity index (χ4n) is 1.52. The third kappa shape index (κ3) is 2.65. The van der Waals surface area contributed by atoms with E-state index in [-0.39, 0.29) is 11.3 Å². The molecule has 0 spiro atoms. The molecule has 0 radical (unpaired) electrons.